The monoisotopic (exact) mass is 348 g/mol. The fourth-order valence-electron chi connectivity index (χ4n) is 1.92. The van der Waals surface area contributed by atoms with Crippen LogP contribution >= 0.6 is 23.2 Å². The predicted molar refractivity (Wildman–Crippen MR) is 84.6 cm³/mol. The van der Waals surface area contributed by atoms with Crippen LogP contribution < -0.4 is 5.32 Å². The molecule has 0 fully saturated rings. The maximum absolute atomic E-state index is 12.3. The van der Waals surface area contributed by atoms with E-state index in [1.54, 1.807) is 36.7 Å². The molecule has 9 heteroatoms. The summed E-state index contributed by atoms with van der Waals surface area (Å²) in [7, 11) is 0. The molecule has 0 spiro atoms. The maximum atomic E-state index is 12.3. The van der Waals surface area contributed by atoms with E-state index in [0.717, 1.165) is 5.56 Å². The van der Waals surface area contributed by atoms with Gasteiger partial charge in [-0.05, 0) is 29.8 Å². The number of hydrogen-bond acceptors (Lipinski definition) is 5. The quantitative estimate of drug-likeness (QED) is 0.781. The van der Waals surface area contributed by atoms with Gasteiger partial charge in [0.1, 0.15) is 6.33 Å². The third-order valence-electron chi connectivity index (χ3n) is 2.87. The third-order valence-corrected chi connectivity index (χ3v) is 3.30. The SMILES string of the molecule is O=C(NCc1cc(Cl)cc(Cl)c1)c1ncnn1-c1ncccn1. The molecule has 1 aromatic carbocycles. The molecule has 0 unspecified atom stereocenters. The second kappa shape index (κ2) is 6.72. The maximum Gasteiger partial charge on any atom is 0.289 e. The van der Waals surface area contributed by atoms with Gasteiger partial charge in [0.15, 0.2) is 0 Å². The number of aromatic nitrogens is 5. The van der Waals surface area contributed by atoms with Crippen molar-refractivity contribution < 1.29 is 4.79 Å². The summed E-state index contributed by atoms with van der Waals surface area (Å²) >= 11 is 11.9. The number of carbonyl (C=O) groups excluding carboxylic acids is 1. The molecule has 0 bridgehead atoms. The molecule has 0 saturated heterocycles. The van der Waals surface area contributed by atoms with E-state index in [1.807, 2.05) is 0 Å². The van der Waals surface area contributed by atoms with Gasteiger partial charge in [-0.2, -0.15) is 9.78 Å². The largest absolute Gasteiger partial charge is 0.345 e. The van der Waals surface area contributed by atoms with Crippen molar-refractivity contribution in [3.63, 3.8) is 0 Å². The molecule has 3 rings (SSSR count). The Morgan fingerprint density at radius 1 is 1.09 bits per heavy atom. The van der Waals surface area contributed by atoms with Crippen LogP contribution in [0.3, 0.4) is 0 Å². The van der Waals surface area contributed by atoms with Crippen molar-refractivity contribution in [2.45, 2.75) is 6.54 Å². The summed E-state index contributed by atoms with van der Waals surface area (Å²) in [5.41, 5.74) is 0.776. The van der Waals surface area contributed by atoms with Gasteiger partial charge in [0.25, 0.3) is 11.9 Å². The first-order valence-corrected chi connectivity index (χ1v) is 7.29. The van der Waals surface area contributed by atoms with E-state index in [9.17, 15) is 4.79 Å². The lowest BCUT2D eigenvalue weighted by atomic mass is 10.2. The average Bonchev–Trinajstić information content (AvgIpc) is 3.02. The molecular formula is C14H10Cl2N6O. The highest BCUT2D eigenvalue weighted by Gasteiger charge is 2.16. The summed E-state index contributed by atoms with van der Waals surface area (Å²) in [6.07, 6.45) is 4.38. The van der Waals surface area contributed by atoms with Crippen molar-refractivity contribution in [1.29, 1.82) is 0 Å². The van der Waals surface area contributed by atoms with Gasteiger partial charge in [-0.3, -0.25) is 4.79 Å². The van der Waals surface area contributed by atoms with E-state index in [2.05, 4.69) is 25.4 Å². The molecule has 116 valence electrons. The highest BCUT2D eigenvalue weighted by Crippen LogP contribution is 2.18. The Hall–Kier alpha value is -2.51. The van der Waals surface area contributed by atoms with Crippen molar-refractivity contribution in [3.05, 3.63) is 64.4 Å². The standard InChI is InChI=1S/C14H10Cl2N6O/c15-10-4-9(5-11(16)6-10)7-19-13(23)12-20-8-21-22(12)14-17-2-1-3-18-14/h1-6,8H,7H2,(H,19,23). The summed E-state index contributed by atoms with van der Waals surface area (Å²) in [5, 5.41) is 7.70. The van der Waals surface area contributed by atoms with E-state index < -0.39 is 5.91 Å². The number of nitrogens with zero attached hydrogens (tertiary/aromatic N) is 5. The molecule has 0 aliphatic rings. The number of carbonyl (C=O) groups is 1. The lowest BCUT2D eigenvalue weighted by Gasteiger charge is -2.07. The van der Waals surface area contributed by atoms with Gasteiger partial charge in [-0.25, -0.2) is 15.0 Å². The highest BCUT2D eigenvalue weighted by molar-refractivity contribution is 6.34. The Balaban J connectivity index is 1.76. The van der Waals surface area contributed by atoms with E-state index in [1.165, 1.54) is 11.0 Å². The van der Waals surface area contributed by atoms with Gasteiger partial charge in [-0.15, -0.1) is 0 Å². The smallest absolute Gasteiger partial charge is 0.289 e. The van der Waals surface area contributed by atoms with Gasteiger partial charge in [0.2, 0.25) is 5.82 Å². The Morgan fingerprint density at radius 3 is 2.48 bits per heavy atom. The molecule has 3 aromatic rings. The first-order chi connectivity index (χ1) is 11.1. The topological polar surface area (TPSA) is 85.6 Å². The van der Waals surface area contributed by atoms with Crippen LogP contribution in [-0.4, -0.2) is 30.6 Å². The lowest BCUT2D eigenvalue weighted by Crippen LogP contribution is -2.26. The second-order valence-electron chi connectivity index (χ2n) is 4.50. The Morgan fingerprint density at radius 2 is 1.78 bits per heavy atom. The zero-order chi connectivity index (χ0) is 16.2. The molecule has 1 amide bonds. The zero-order valence-corrected chi connectivity index (χ0v) is 13.2. The fraction of sp³-hybridized carbons (Fsp3) is 0.0714. The van der Waals surface area contributed by atoms with Gasteiger partial charge in [-0.1, -0.05) is 23.2 Å². The molecule has 0 atom stereocenters. The molecule has 7 nitrogen and oxygen atoms in total. The van der Waals surface area contributed by atoms with E-state index in [0.29, 0.717) is 10.0 Å². The van der Waals surface area contributed by atoms with Crippen LogP contribution in [0.15, 0.2) is 43.0 Å². The van der Waals surface area contributed by atoms with Gasteiger partial charge in [0.05, 0.1) is 0 Å². The number of nitrogens with one attached hydrogen (secondary N) is 1. The molecule has 1 N–H and O–H groups in total. The average molecular weight is 349 g/mol. The third kappa shape index (κ3) is 3.64. The Bertz CT molecular complexity index is 816. The first-order valence-electron chi connectivity index (χ1n) is 6.54. The second-order valence-corrected chi connectivity index (χ2v) is 5.38. The highest BCUT2D eigenvalue weighted by atomic mass is 35.5. The zero-order valence-electron chi connectivity index (χ0n) is 11.6. The summed E-state index contributed by atoms with van der Waals surface area (Å²) in [6, 6.07) is 6.73. The van der Waals surface area contributed by atoms with Crippen molar-refractivity contribution in [2.24, 2.45) is 0 Å². The van der Waals surface area contributed by atoms with Crippen LogP contribution in [0.5, 0.6) is 0 Å². The van der Waals surface area contributed by atoms with Gasteiger partial charge in [0, 0.05) is 29.0 Å². The normalized spacial score (nSPS) is 10.5. The summed E-state index contributed by atoms with van der Waals surface area (Å²) in [6.45, 7) is 0.252. The van der Waals surface area contributed by atoms with Crippen molar-refractivity contribution in [3.8, 4) is 5.95 Å². The molecule has 0 saturated carbocycles. The van der Waals surface area contributed by atoms with Gasteiger partial charge < -0.3 is 5.32 Å². The van der Waals surface area contributed by atoms with E-state index in [4.69, 9.17) is 23.2 Å². The minimum absolute atomic E-state index is 0.0873. The van der Waals surface area contributed by atoms with Crippen molar-refractivity contribution in [1.82, 2.24) is 30.0 Å². The van der Waals surface area contributed by atoms with Crippen LogP contribution in [0.4, 0.5) is 0 Å². The molecule has 0 aliphatic heterocycles. The molecule has 2 heterocycles. The van der Waals surface area contributed by atoms with E-state index in [-0.39, 0.29) is 18.3 Å². The lowest BCUT2D eigenvalue weighted by molar-refractivity contribution is 0.0937. The van der Waals surface area contributed by atoms with Crippen molar-refractivity contribution >= 4 is 29.1 Å². The summed E-state index contributed by atoms with van der Waals surface area (Å²) in [4.78, 5) is 24.3. The van der Waals surface area contributed by atoms with Crippen LogP contribution in [0, 0.1) is 0 Å². The van der Waals surface area contributed by atoms with Gasteiger partial charge >= 0.3 is 0 Å². The minimum atomic E-state index is -0.411. The molecule has 0 aliphatic carbocycles. The molecule has 0 radical (unpaired) electrons. The number of hydrogen-bond donors (Lipinski definition) is 1. The predicted octanol–water partition coefficient (Wildman–Crippen LogP) is 2.29. The number of rotatable bonds is 4. The molecule has 23 heavy (non-hydrogen) atoms. The number of amides is 1. The Kier molecular flexibility index (Phi) is 4.50. The molecular weight excluding hydrogens is 339 g/mol. The van der Waals surface area contributed by atoms with Crippen LogP contribution in [-0.2, 0) is 6.54 Å². The van der Waals surface area contributed by atoms with E-state index >= 15 is 0 Å². The fourth-order valence-corrected chi connectivity index (χ4v) is 2.49. The first kappa shape index (κ1) is 15.4. The number of halogens is 2. The number of benzene rings is 1. The summed E-state index contributed by atoms with van der Waals surface area (Å²) < 4.78 is 1.26. The van der Waals surface area contributed by atoms with Crippen LogP contribution in [0.2, 0.25) is 10.0 Å². The van der Waals surface area contributed by atoms with Crippen molar-refractivity contribution in [2.75, 3.05) is 0 Å². The Labute approximate surface area is 141 Å². The van der Waals surface area contributed by atoms with Crippen LogP contribution in [0.1, 0.15) is 16.2 Å². The summed E-state index contributed by atoms with van der Waals surface area (Å²) in [5.74, 6) is -0.0590. The molecule has 2 aromatic heterocycles. The van der Waals surface area contributed by atoms with Crippen LogP contribution in [0.25, 0.3) is 5.95 Å². The minimum Gasteiger partial charge on any atom is -0.345 e.